The van der Waals surface area contributed by atoms with Crippen LogP contribution in [-0.2, 0) is 13.0 Å². The first-order chi connectivity index (χ1) is 10.5. The van der Waals surface area contributed by atoms with E-state index in [-0.39, 0.29) is 6.04 Å². The van der Waals surface area contributed by atoms with Crippen LogP contribution in [-0.4, -0.2) is 31.3 Å². The van der Waals surface area contributed by atoms with Crippen molar-refractivity contribution in [3.8, 4) is 0 Å². The highest BCUT2D eigenvalue weighted by molar-refractivity contribution is 5.43. The van der Waals surface area contributed by atoms with E-state index in [0.717, 1.165) is 48.5 Å². The summed E-state index contributed by atoms with van der Waals surface area (Å²) < 4.78 is 2.26. The van der Waals surface area contributed by atoms with Gasteiger partial charge in [-0.3, -0.25) is 0 Å². The van der Waals surface area contributed by atoms with E-state index in [0.29, 0.717) is 5.92 Å². The summed E-state index contributed by atoms with van der Waals surface area (Å²) in [7, 11) is 0. The van der Waals surface area contributed by atoms with E-state index in [1.807, 2.05) is 6.92 Å². The van der Waals surface area contributed by atoms with Crippen LogP contribution in [0, 0.1) is 6.92 Å². The molecule has 1 atom stereocenters. The van der Waals surface area contributed by atoms with Gasteiger partial charge < -0.3 is 9.47 Å². The van der Waals surface area contributed by atoms with E-state index in [2.05, 4.69) is 63.4 Å². The number of rotatable bonds is 3. The number of nitrogens with zero attached hydrogens (tertiary/aromatic N) is 6. The minimum Gasteiger partial charge on any atom is -0.345 e. The van der Waals surface area contributed by atoms with Crippen molar-refractivity contribution in [2.45, 2.75) is 59.5 Å². The molecule has 0 aromatic carbocycles. The molecule has 0 aliphatic carbocycles. The standard InChI is InChI=1S/C16H24N6/c1-6-13-9-14(18-12(5)17-13)21-7-8-22-15(10(2)3)19-20-16(22)11(21)4/h9-11H,6-8H2,1-5H3/t11-/m1/s1. The average molecular weight is 300 g/mol. The largest absolute Gasteiger partial charge is 0.345 e. The predicted molar refractivity (Wildman–Crippen MR) is 86.0 cm³/mol. The van der Waals surface area contributed by atoms with Gasteiger partial charge in [-0.05, 0) is 20.3 Å². The molecule has 0 saturated heterocycles. The van der Waals surface area contributed by atoms with E-state index < -0.39 is 0 Å². The summed E-state index contributed by atoms with van der Waals surface area (Å²) >= 11 is 0. The molecule has 6 heteroatoms. The molecule has 2 aromatic heterocycles. The van der Waals surface area contributed by atoms with Crippen LogP contribution in [0.2, 0.25) is 0 Å². The SMILES string of the molecule is CCc1cc(N2CCn3c(C(C)C)nnc3[C@H]2C)nc(C)n1. The van der Waals surface area contributed by atoms with Crippen LogP contribution in [0.1, 0.15) is 62.8 Å². The lowest BCUT2D eigenvalue weighted by atomic mass is 10.1. The van der Waals surface area contributed by atoms with Gasteiger partial charge in [0.25, 0.3) is 0 Å². The van der Waals surface area contributed by atoms with Gasteiger partial charge in [-0.15, -0.1) is 10.2 Å². The van der Waals surface area contributed by atoms with Gasteiger partial charge in [-0.2, -0.15) is 0 Å². The Morgan fingerprint density at radius 2 is 2.00 bits per heavy atom. The summed E-state index contributed by atoms with van der Waals surface area (Å²) in [6.07, 6.45) is 0.923. The first kappa shape index (κ1) is 14.9. The first-order valence-electron chi connectivity index (χ1n) is 8.05. The first-order valence-corrected chi connectivity index (χ1v) is 8.05. The Hall–Kier alpha value is -1.98. The second-order valence-electron chi connectivity index (χ2n) is 6.21. The third-order valence-corrected chi connectivity index (χ3v) is 4.26. The topological polar surface area (TPSA) is 59.7 Å². The van der Waals surface area contributed by atoms with Crippen LogP contribution in [0.5, 0.6) is 0 Å². The number of anilines is 1. The maximum atomic E-state index is 4.63. The minimum atomic E-state index is 0.174. The smallest absolute Gasteiger partial charge is 0.155 e. The van der Waals surface area contributed by atoms with Crippen molar-refractivity contribution in [3.63, 3.8) is 0 Å². The molecular formula is C16H24N6. The van der Waals surface area contributed by atoms with Crippen LogP contribution in [0.25, 0.3) is 0 Å². The zero-order valence-corrected chi connectivity index (χ0v) is 14.0. The highest BCUT2D eigenvalue weighted by atomic mass is 15.4. The van der Waals surface area contributed by atoms with Crippen molar-refractivity contribution >= 4 is 5.82 Å². The fraction of sp³-hybridized carbons (Fsp3) is 0.625. The maximum Gasteiger partial charge on any atom is 0.155 e. The molecule has 0 unspecified atom stereocenters. The fourth-order valence-electron chi connectivity index (χ4n) is 3.09. The van der Waals surface area contributed by atoms with E-state index in [1.165, 1.54) is 0 Å². The predicted octanol–water partition coefficient (Wildman–Crippen LogP) is 2.64. The summed E-state index contributed by atoms with van der Waals surface area (Å²) in [6, 6.07) is 2.27. The van der Waals surface area contributed by atoms with Gasteiger partial charge in [0.15, 0.2) is 5.82 Å². The van der Waals surface area contributed by atoms with Gasteiger partial charge in [-0.25, -0.2) is 9.97 Å². The molecule has 1 aliphatic rings. The molecule has 3 rings (SSSR count). The van der Waals surface area contributed by atoms with E-state index in [1.54, 1.807) is 0 Å². The van der Waals surface area contributed by atoms with Crippen molar-refractivity contribution in [3.05, 3.63) is 29.2 Å². The Bertz CT molecular complexity index is 675. The Kier molecular flexibility index (Phi) is 3.85. The van der Waals surface area contributed by atoms with Crippen LogP contribution < -0.4 is 4.90 Å². The molecule has 0 saturated carbocycles. The Balaban J connectivity index is 1.96. The molecule has 1 aliphatic heterocycles. The summed E-state index contributed by atoms with van der Waals surface area (Å²) in [5, 5.41) is 8.81. The Labute approximate surface area is 131 Å². The Morgan fingerprint density at radius 3 is 2.68 bits per heavy atom. The normalized spacial score (nSPS) is 17.9. The lowest BCUT2D eigenvalue weighted by molar-refractivity contribution is 0.476. The summed E-state index contributed by atoms with van der Waals surface area (Å²) in [5.41, 5.74) is 1.09. The molecule has 2 aromatic rings. The molecule has 0 bridgehead atoms. The second kappa shape index (κ2) is 5.66. The highest BCUT2D eigenvalue weighted by Gasteiger charge is 2.29. The number of hydrogen-bond acceptors (Lipinski definition) is 5. The van der Waals surface area contributed by atoms with Gasteiger partial charge in [0, 0.05) is 30.8 Å². The summed E-state index contributed by atoms with van der Waals surface area (Å²) in [6.45, 7) is 12.4. The summed E-state index contributed by atoms with van der Waals surface area (Å²) in [5.74, 6) is 4.33. The average Bonchev–Trinajstić information content (AvgIpc) is 2.92. The van der Waals surface area contributed by atoms with Crippen LogP contribution in [0.3, 0.4) is 0 Å². The van der Waals surface area contributed by atoms with Gasteiger partial charge >= 0.3 is 0 Å². The molecule has 0 spiro atoms. The van der Waals surface area contributed by atoms with Crippen LogP contribution >= 0.6 is 0 Å². The summed E-state index contributed by atoms with van der Waals surface area (Å²) in [4.78, 5) is 11.4. The number of aryl methyl sites for hydroxylation is 2. The fourth-order valence-corrected chi connectivity index (χ4v) is 3.09. The third-order valence-electron chi connectivity index (χ3n) is 4.26. The lowest BCUT2D eigenvalue weighted by Gasteiger charge is -2.35. The van der Waals surface area contributed by atoms with Crippen molar-refractivity contribution in [1.82, 2.24) is 24.7 Å². The van der Waals surface area contributed by atoms with Crippen molar-refractivity contribution in [2.75, 3.05) is 11.4 Å². The van der Waals surface area contributed by atoms with Gasteiger partial charge in [0.05, 0.1) is 6.04 Å². The molecule has 0 N–H and O–H groups in total. The van der Waals surface area contributed by atoms with Crippen LogP contribution in [0.15, 0.2) is 6.07 Å². The number of fused-ring (bicyclic) bond motifs is 1. The molecule has 22 heavy (non-hydrogen) atoms. The van der Waals surface area contributed by atoms with Gasteiger partial charge in [0.1, 0.15) is 17.5 Å². The molecule has 0 radical (unpaired) electrons. The maximum absolute atomic E-state index is 4.63. The minimum absolute atomic E-state index is 0.174. The molecule has 6 nitrogen and oxygen atoms in total. The van der Waals surface area contributed by atoms with E-state index >= 15 is 0 Å². The zero-order chi connectivity index (χ0) is 15.9. The van der Waals surface area contributed by atoms with Crippen molar-refractivity contribution in [1.29, 1.82) is 0 Å². The lowest BCUT2D eigenvalue weighted by Crippen LogP contribution is -2.38. The second-order valence-corrected chi connectivity index (χ2v) is 6.21. The zero-order valence-electron chi connectivity index (χ0n) is 14.0. The molecule has 0 fully saturated rings. The Morgan fingerprint density at radius 1 is 1.23 bits per heavy atom. The third kappa shape index (κ3) is 2.46. The van der Waals surface area contributed by atoms with E-state index in [4.69, 9.17) is 0 Å². The van der Waals surface area contributed by atoms with Gasteiger partial charge in [0.2, 0.25) is 0 Å². The molecule has 118 valence electrons. The number of hydrogen-bond donors (Lipinski definition) is 0. The molecule has 3 heterocycles. The molecular weight excluding hydrogens is 276 g/mol. The van der Waals surface area contributed by atoms with Crippen molar-refractivity contribution < 1.29 is 0 Å². The highest BCUT2D eigenvalue weighted by Crippen LogP contribution is 2.30. The quantitative estimate of drug-likeness (QED) is 0.872. The monoisotopic (exact) mass is 300 g/mol. The number of aromatic nitrogens is 5. The van der Waals surface area contributed by atoms with Gasteiger partial charge in [-0.1, -0.05) is 20.8 Å². The van der Waals surface area contributed by atoms with E-state index in [9.17, 15) is 0 Å². The molecule has 0 amide bonds. The van der Waals surface area contributed by atoms with Crippen LogP contribution in [0.4, 0.5) is 5.82 Å². The van der Waals surface area contributed by atoms with Crippen molar-refractivity contribution in [2.24, 2.45) is 0 Å².